The zero-order valence-corrected chi connectivity index (χ0v) is 16.8. The molecule has 0 bridgehead atoms. The second kappa shape index (κ2) is 6.83. The number of H-pyrrole nitrogens is 1. The van der Waals surface area contributed by atoms with Gasteiger partial charge in [-0.1, -0.05) is 12.8 Å². The summed E-state index contributed by atoms with van der Waals surface area (Å²) in [6, 6.07) is 9.67. The molecule has 4 nitrogen and oxygen atoms in total. The van der Waals surface area contributed by atoms with E-state index in [-0.39, 0.29) is 0 Å². The number of rotatable bonds is 3. The van der Waals surface area contributed by atoms with E-state index in [0.29, 0.717) is 18.0 Å². The van der Waals surface area contributed by atoms with E-state index >= 15 is 0 Å². The summed E-state index contributed by atoms with van der Waals surface area (Å²) in [6.07, 6.45) is 4.14. The molecule has 1 saturated heterocycles. The van der Waals surface area contributed by atoms with Crippen LogP contribution < -0.4 is 0 Å². The number of aromatic nitrogens is 1. The van der Waals surface area contributed by atoms with Crippen molar-refractivity contribution in [2.45, 2.75) is 44.4 Å². The average Bonchev–Trinajstić information content (AvgIpc) is 3.04. The van der Waals surface area contributed by atoms with Crippen molar-refractivity contribution < 1.29 is 8.42 Å². The van der Waals surface area contributed by atoms with Gasteiger partial charge in [0.25, 0.3) is 0 Å². The number of nitrogens with one attached hydrogen (secondary N) is 1. The highest BCUT2D eigenvalue weighted by Crippen LogP contribution is 2.33. The molecule has 0 saturated carbocycles. The maximum absolute atomic E-state index is 13.0. The summed E-state index contributed by atoms with van der Waals surface area (Å²) in [7, 11) is -3.41. The zero-order valence-electron chi connectivity index (χ0n) is 15.2. The molecule has 138 valence electrons. The van der Waals surface area contributed by atoms with Gasteiger partial charge in [0.15, 0.2) is 0 Å². The van der Waals surface area contributed by atoms with Crippen LogP contribution in [0.1, 0.15) is 35.4 Å². The van der Waals surface area contributed by atoms with Crippen molar-refractivity contribution in [1.29, 1.82) is 0 Å². The van der Waals surface area contributed by atoms with Crippen LogP contribution >= 0.6 is 11.3 Å². The number of benzene rings is 1. The van der Waals surface area contributed by atoms with Gasteiger partial charge in [-0.05, 0) is 57.0 Å². The standard InChI is InChI=1S/C20H24N2O2S2/c1-14-11-18(15(2)25-14)20-13-16-12-17(7-8-19(16)21-20)26(23,24)22-9-5-3-4-6-10-22/h7-8,11-13,21H,3-6,9-10H2,1-2H3. The summed E-state index contributed by atoms with van der Waals surface area (Å²) in [6.45, 7) is 5.49. The van der Waals surface area contributed by atoms with Gasteiger partial charge in [0, 0.05) is 45.0 Å². The number of hydrogen-bond acceptors (Lipinski definition) is 3. The Labute approximate surface area is 158 Å². The molecular weight excluding hydrogens is 364 g/mol. The molecule has 26 heavy (non-hydrogen) atoms. The van der Waals surface area contributed by atoms with E-state index in [2.05, 4.69) is 31.0 Å². The first-order chi connectivity index (χ1) is 12.4. The second-order valence-corrected chi connectivity index (χ2v) is 10.5. The molecule has 0 aliphatic carbocycles. The molecule has 1 N–H and O–H groups in total. The van der Waals surface area contributed by atoms with Gasteiger partial charge in [0.05, 0.1) is 4.90 Å². The Kier molecular flexibility index (Phi) is 4.67. The molecule has 0 spiro atoms. The number of aryl methyl sites for hydroxylation is 2. The maximum atomic E-state index is 13.0. The lowest BCUT2D eigenvalue weighted by atomic mass is 10.2. The Morgan fingerprint density at radius 3 is 2.38 bits per heavy atom. The lowest BCUT2D eigenvalue weighted by Crippen LogP contribution is -2.31. The molecule has 1 aliphatic rings. The smallest absolute Gasteiger partial charge is 0.243 e. The third-order valence-electron chi connectivity index (χ3n) is 5.13. The predicted octanol–water partition coefficient (Wildman–Crippen LogP) is 5.08. The number of sulfonamides is 1. The summed E-state index contributed by atoms with van der Waals surface area (Å²) in [4.78, 5) is 6.38. The van der Waals surface area contributed by atoms with Crippen molar-refractivity contribution in [3.63, 3.8) is 0 Å². The van der Waals surface area contributed by atoms with Crippen LogP contribution in [0.2, 0.25) is 0 Å². The molecule has 1 fully saturated rings. The highest BCUT2D eigenvalue weighted by atomic mass is 32.2. The first-order valence-electron chi connectivity index (χ1n) is 9.15. The van der Waals surface area contributed by atoms with E-state index in [4.69, 9.17) is 0 Å². The van der Waals surface area contributed by atoms with Crippen LogP contribution in [0.25, 0.3) is 22.2 Å². The Hall–Kier alpha value is -1.63. The van der Waals surface area contributed by atoms with E-state index in [0.717, 1.165) is 42.3 Å². The van der Waals surface area contributed by atoms with Gasteiger partial charge in [0.1, 0.15) is 0 Å². The zero-order chi connectivity index (χ0) is 18.3. The van der Waals surface area contributed by atoms with Gasteiger partial charge in [-0.2, -0.15) is 4.31 Å². The number of fused-ring (bicyclic) bond motifs is 1. The van der Waals surface area contributed by atoms with E-state index in [1.807, 2.05) is 12.1 Å². The molecule has 0 amide bonds. The van der Waals surface area contributed by atoms with Crippen molar-refractivity contribution in [1.82, 2.24) is 9.29 Å². The molecule has 1 aromatic carbocycles. The minimum Gasteiger partial charge on any atom is -0.354 e. The molecule has 4 rings (SSSR count). The van der Waals surface area contributed by atoms with Crippen LogP contribution in [-0.4, -0.2) is 30.8 Å². The minimum atomic E-state index is -3.41. The Morgan fingerprint density at radius 1 is 1.00 bits per heavy atom. The summed E-state index contributed by atoms with van der Waals surface area (Å²) < 4.78 is 27.7. The van der Waals surface area contributed by atoms with Crippen molar-refractivity contribution in [2.24, 2.45) is 0 Å². The minimum absolute atomic E-state index is 0.399. The second-order valence-electron chi connectivity index (χ2n) is 7.08. The molecule has 3 aromatic rings. The lowest BCUT2D eigenvalue weighted by Gasteiger charge is -2.19. The quantitative estimate of drug-likeness (QED) is 0.680. The molecule has 2 aromatic heterocycles. The van der Waals surface area contributed by atoms with E-state index < -0.39 is 10.0 Å². The van der Waals surface area contributed by atoms with Crippen molar-refractivity contribution >= 4 is 32.3 Å². The fourth-order valence-electron chi connectivity index (χ4n) is 3.75. The first-order valence-corrected chi connectivity index (χ1v) is 11.4. The summed E-state index contributed by atoms with van der Waals surface area (Å²) in [5.41, 5.74) is 3.21. The fraction of sp³-hybridized carbons (Fsp3) is 0.400. The molecule has 6 heteroatoms. The van der Waals surface area contributed by atoms with Crippen molar-refractivity contribution in [3.05, 3.63) is 40.1 Å². The van der Waals surface area contributed by atoms with Crippen molar-refractivity contribution in [3.8, 4) is 11.3 Å². The third kappa shape index (κ3) is 3.21. The molecule has 3 heterocycles. The Balaban J connectivity index is 1.72. The van der Waals surface area contributed by atoms with Crippen LogP contribution in [0.4, 0.5) is 0 Å². The SMILES string of the molecule is Cc1cc(-c2cc3cc(S(=O)(=O)N4CCCCCC4)ccc3[nH]2)c(C)s1. The van der Waals surface area contributed by atoms with Gasteiger partial charge in [-0.15, -0.1) is 11.3 Å². The van der Waals surface area contributed by atoms with E-state index in [1.54, 1.807) is 21.7 Å². The van der Waals surface area contributed by atoms with E-state index in [9.17, 15) is 8.42 Å². The van der Waals surface area contributed by atoms with Gasteiger partial charge in [-0.3, -0.25) is 0 Å². The Bertz CT molecular complexity index is 1040. The first kappa shape index (κ1) is 17.8. The van der Waals surface area contributed by atoms with Crippen LogP contribution in [0.5, 0.6) is 0 Å². The van der Waals surface area contributed by atoms with Crippen LogP contribution in [0.15, 0.2) is 35.2 Å². The van der Waals surface area contributed by atoms with Gasteiger partial charge in [-0.25, -0.2) is 8.42 Å². The summed E-state index contributed by atoms with van der Waals surface area (Å²) >= 11 is 1.78. The lowest BCUT2D eigenvalue weighted by molar-refractivity contribution is 0.424. The average molecular weight is 389 g/mol. The summed E-state index contributed by atoms with van der Waals surface area (Å²) in [5.74, 6) is 0. The number of thiophene rings is 1. The number of hydrogen-bond donors (Lipinski definition) is 1. The molecular formula is C20H24N2O2S2. The largest absolute Gasteiger partial charge is 0.354 e. The van der Waals surface area contributed by atoms with Crippen LogP contribution in [0.3, 0.4) is 0 Å². The van der Waals surface area contributed by atoms with Gasteiger partial charge >= 0.3 is 0 Å². The molecule has 0 atom stereocenters. The summed E-state index contributed by atoms with van der Waals surface area (Å²) in [5, 5.41) is 0.944. The van der Waals surface area contributed by atoms with Crippen LogP contribution in [-0.2, 0) is 10.0 Å². The highest BCUT2D eigenvalue weighted by Gasteiger charge is 2.25. The highest BCUT2D eigenvalue weighted by molar-refractivity contribution is 7.89. The van der Waals surface area contributed by atoms with Crippen LogP contribution in [0, 0.1) is 13.8 Å². The normalized spacial score (nSPS) is 16.8. The number of nitrogens with zero attached hydrogens (tertiary/aromatic N) is 1. The maximum Gasteiger partial charge on any atom is 0.243 e. The predicted molar refractivity (Wildman–Crippen MR) is 108 cm³/mol. The fourth-order valence-corrected chi connectivity index (χ4v) is 6.24. The van der Waals surface area contributed by atoms with Crippen molar-refractivity contribution in [2.75, 3.05) is 13.1 Å². The Morgan fingerprint density at radius 2 is 1.73 bits per heavy atom. The van der Waals surface area contributed by atoms with E-state index in [1.165, 1.54) is 15.3 Å². The van der Waals surface area contributed by atoms with Gasteiger partial charge < -0.3 is 4.98 Å². The van der Waals surface area contributed by atoms with Gasteiger partial charge in [0.2, 0.25) is 10.0 Å². The monoisotopic (exact) mass is 388 g/mol. The topological polar surface area (TPSA) is 53.2 Å². The molecule has 1 aliphatic heterocycles. The molecule has 0 radical (unpaired) electrons. The molecule has 0 unspecified atom stereocenters. The third-order valence-corrected chi connectivity index (χ3v) is 7.99. The number of aromatic amines is 1.